The van der Waals surface area contributed by atoms with E-state index in [9.17, 15) is 4.39 Å². The fourth-order valence-corrected chi connectivity index (χ4v) is 1.73. The molecule has 1 aromatic rings. The van der Waals surface area contributed by atoms with Gasteiger partial charge in [0.05, 0.1) is 6.61 Å². The number of rotatable bonds is 5. The van der Waals surface area contributed by atoms with Gasteiger partial charge in [-0.15, -0.1) is 0 Å². The van der Waals surface area contributed by atoms with Crippen molar-refractivity contribution in [3.05, 3.63) is 34.6 Å². The van der Waals surface area contributed by atoms with E-state index in [1.807, 2.05) is 6.92 Å². The summed E-state index contributed by atoms with van der Waals surface area (Å²) in [4.78, 5) is 0. The van der Waals surface area contributed by atoms with Crippen LogP contribution in [-0.4, -0.2) is 20.3 Å². The van der Waals surface area contributed by atoms with Gasteiger partial charge in [-0.3, -0.25) is 0 Å². The van der Waals surface area contributed by atoms with Crippen molar-refractivity contribution in [1.29, 1.82) is 0 Å². The standard InChI is InChI=1S/C11H15ClFNO/c1-8(14-6-7-15-2)11-9(12)4-3-5-10(11)13/h3-5,8,14H,6-7H2,1-2H3/t8-/m0/s1. The van der Waals surface area contributed by atoms with E-state index in [1.165, 1.54) is 6.07 Å². The summed E-state index contributed by atoms with van der Waals surface area (Å²) >= 11 is 5.93. The van der Waals surface area contributed by atoms with Gasteiger partial charge in [-0.1, -0.05) is 17.7 Å². The third-order valence-electron chi connectivity index (χ3n) is 2.19. The molecule has 0 unspecified atom stereocenters. The van der Waals surface area contributed by atoms with Gasteiger partial charge >= 0.3 is 0 Å². The zero-order valence-corrected chi connectivity index (χ0v) is 9.64. The summed E-state index contributed by atoms with van der Waals surface area (Å²) in [6, 6.07) is 4.58. The maximum Gasteiger partial charge on any atom is 0.129 e. The van der Waals surface area contributed by atoms with E-state index in [2.05, 4.69) is 5.32 Å². The molecule has 1 N–H and O–H groups in total. The van der Waals surface area contributed by atoms with Gasteiger partial charge in [0.2, 0.25) is 0 Å². The lowest BCUT2D eigenvalue weighted by atomic mass is 10.1. The van der Waals surface area contributed by atoms with Crippen LogP contribution in [-0.2, 0) is 4.74 Å². The van der Waals surface area contributed by atoms with Crippen LogP contribution in [0.2, 0.25) is 5.02 Å². The lowest BCUT2D eigenvalue weighted by Gasteiger charge is -2.16. The van der Waals surface area contributed by atoms with Crippen LogP contribution in [0.5, 0.6) is 0 Å². The van der Waals surface area contributed by atoms with Gasteiger partial charge in [0.1, 0.15) is 5.82 Å². The fraction of sp³-hybridized carbons (Fsp3) is 0.455. The van der Waals surface area contributed by atoms with Crippen LogP contribution in [0.25, 0.3) is 0 Å². The molecule has 0 bridgehead atoms. The van der Waals surface area contributed by atoms with Gasteiger partial charge in [-0.25, -0.2) is 4.39 Å². The normalized spacial score (nSPS) is 12.8. The molecule has 0 radical (unpaired) electrons. The molecule has 84 valence electrons. The van der Waals surface area contributed by atoms with Crippen LogP contribution in [0, 0.1) is 5.82 Å². The molecule has 0 saturated carbocycles. The molecule has 2 nitrogen and oxygen atoms in total. The van der Waals surface area contributed by atoms with Crippen molar-refractivity contribution in [2.24, 2.45) is 0 Å². The second kappa shape index (κ2) is 6.05. The molecular formula is C11H15ClFNO. The van der Waals surface area contributed by atoms with E-state index in [0.29, 0.717) is 23.7 Å². The first kappa shape index (κ1) is 12.4. The fourth-order valence-electron chi connectivity index (χ4n) is 1.40. The Bertz CT molecular complexity index is 299. The summed E-state index contributed by atoms with van der Waals surface area (Å²) in [6.45, 7) is 3.14. The molecular weight excluding hydrogens is 217 g/mol. The first-order valence-electron chi connectivity index (χ1n) is 4.83. The van der Waals surface area contributed by atoms with Crippen LogP contribution >= 0.6 is 11.6 Å². The average molecular weight is 232 g/mol. The summed E-state index contributed by atoms with van der Waals surface area (Å²) in [5.74, 6) is -0.278. The first-order chi connectivity index (χ1) is 7.16. The molecule has 0 aromatic heterocycles. The van der Waals surface area contributed by atoms with Crippen molar-refractivity contribution in [2.45, 2.75) is 13.0 Å². The van der Waals surface area contributed by atoms with Crippen molar-refractivity contribution < 1.29 is 9.13 Å². The van der Waals surface area contributed by atoms with Gasteiger partial charge in [-0.2, -0.15) is 0 Å². The summed E-state index contributed by atoms with van der Waals surface area (Å²) in [5, 5.41) is 3.58. The Morgan fingerprint density at radius 3 is 2.87 bits per heavy atom. The predicted octanol–water partition coefficient (Wildman–Crippen LogP) is 2.78. The van der Waals surface area contributed by atoms with E-state index >= 15 is 0 Å². The molecule has 0 aliphatic rings. The van der Waals surface area contributed by atoms with Crippen LogP contribution in [0.3, 0.4) is 0 Å². The molecule has 0 saturated heterocycles. The molecule has 1 rings (SSSR count). The monoisotopic (exact) mass is 231 g/mol. The van der Waals surface area contributed by atoms with Gasteiger partial charge in [0.15, 0.2) is 0 Å². The minimum Gasteiger partial charge on any atom is -0.383 e. The number of methoxy groups -OCH3 is 1. The number of nitrogens with one attached hydrogen (secondary N) is 1. The molecule has 15 heavy (non-hydrogen) atoms. The topological polar surface area (TPSA) is 21.3 Å². The van der Waals surface area contributed by atoms with E-state index < -0.39 is 0 Å². The second-order valence-electron chi connectivity index (χ2n) is 3.30. The van der Waals surface area contributed by atoms with Crippen LogP contribution in [0.1, 0.15) is 18.5 Å². The van der Waals surface area contributed by atoms with E-state index in [1.54, 1.807) is 19.2 Å². The Morgan fingerprint density at radius 2 is 2.27 bits per heavy atom. The highest BCUT2D eigenvalue weighted by Crippen LogP contribution is 2.25. The molecule has 0 spiro atoms. The lowest BCUT2D eigenvalue weighted by molar-refractivity contribution is 0.196. The molecule has 0 aliphatic carbocycles. The molecule has 0 amide bonds. The van der Waals surface area contributed by atoms with Crippen molar-refractivity contribution in [2.75, 3.05) is 20.3 Å². The quantitative estimate of drug-likeness (QED) is 0.787. The molecule has 0 fully saturated rings. The van der Waals surface area contributed by atoms with Gasteiger partial charge in [-0.05, 0) is 19.1 Å². The van der Waals surface area contributed by atoms with E-state index in [4.69, 9.17) is 16.3 Å². The number of ether oxygens (including phenoxy) is 1. The van der Waals surface area contributed by atoms with Crippen molar-refractivity contribution in [3.63, 3.8) is 0 Å². The Kier molecular flexibility index (Phi) is 5.02. The number of hydrogen-bond acceptors (Lipinski definition) is 2. The summed E-state index contributed by atoms with van der Waals surface area (Å²) in [6.07, 6.45) is 0. The molecule has 0 aliphatic heterocycles. The Labute approximate surface area is 94.4 Å². The summed E-state index contributed by atoms with van der Waals surface area (Å²) in [5.41, 5.74) is 0.510. The predicted molar refractivity (Wildman–Crippen MR) is 59.7 cm³/mol. The summed E-state index contributed by atoms with van der Waals surface area (Å²) in [7, 11) is 1.63. The first-order valence-corrected chi connectivity index (χ1v) is 5.21. The maximum atomic E-state index is 13.5. The minimum atomic E-state index is -0.278. The van der Waals surface area contributed by atoms with Gasteiger partial charge in [0.25, 0.3) is 0 Å². The van der Waals surface area contributed by atoms with Crippen LogP contribution < -0.4 is 5.32 Å². The Morgan fingerprint density at radius 1 is 1.53 bits per heavy atom. The highest BCUT2D eigenvalue weighted by molar-refractivity contribution is 6.31. The highest BCUT2D eigenvalue weighted by atomic mass is 35.5. The van der Waals surface area contributed by atoms with E-state index in [-0.39, 0.29) is 11.9 Å². The maximum absolute atomic E-state index is 13.5. The third-order valence-corrected chi connectivity index (χ3v) is 2.52. The minimum absolute atomic E-state index is 0.117. The highest BCUT2D eigenvalue weighted by Gasteiger charge is 2.13. The molecule has 1 atom stereocenters. The van der Waals surface area contributed by atoms with Crippen molar-refractivity contribution in [3.8, 4) is 0 Å². The average Bonchev–Trinajstić information content (AvgIpc) is 2.18. The SMILES string of the molecule is COCCN[C@@H](C)c1c(F)cccc1Cl. The number of hydrogen-bond donors (Lipinski definition) is 1. The van der Waals surface area contributed by atoms with Gasteiger partial charge < -0.3 is 10.1 Å². The molecule has 4 heteroatoms. The largest absolute Gasteiger partial charge is 0.383 e. The van der Waals surface area contributed by atoms with Crippen LogP contribution in [0.4, 0.5) is 4.39 Å². The van der Waals surface area contributed by atoms with Crippen LogP contribution in [0.15, 0.2) is 18.2 Å². The number of halogens is 2. The molecule has 0 heterocycles. The second-order valence-corrected chi connectivity index (χ2v) is 3.71. The van der Waals surface area contributed by atoms with Gasteiger partial charge in [0, 0.05) is 30.3 Å². The smallest absolute Gasteiger partial charge is 0.129 e. The zero-order chi connectivity index (χ0) is 11.3. The Hall–Kier alpha value is -0.640. The third kappa shape index (κ3) is 3.45. The zero-order valence-electron chi connectivity index (χ0n) is 8.89. The number of benzene rings is 1. The van der Waals surface area contributed by atoms with Crippen molar-refractivity contribution in [1.82, 2.24) is 5.32 Å². The summed E-state index contributed by atoms with van der Waals surface area (Å²) < 4.78 is 18.4. The molecule has 1 aromatic carbocycles. The lowest BCUT2D eigenvalue weighted by Crippen LogP contribution is -2.23. The van der Waals surface area contributed by atoms with E-state index in [0.717, 1.165) is 0 Å². The Balaban J connectivity index is 2.68. The van der Waals surface area contributed by atoms with Crippen molar-refractivity contribution >= 4 is 11.6 Å².